The molecule has 0 saturated carbocycles. The summed E-state index contributed by atoms with van der Waals surface area (Å²) in [5.41, 5.74) is 4.28. The van der Waals surface area contributed by atoms with Crippen LogP contribution >= 0.6 is 23.2 Å². The molecule has 2 aromatic rings. The molecule has 0 N–H and O–H groups in total. The van der Waals surface area contributed by atoms with Gasteiger partial charge >= 0.3 is 0 Å². The molecular formula is C20H18Cl2N2. The number of hydrogen-bond acceptors (Lipinski definition) is 2. The van der Waals surface area contributed by atoms with Crippen LogP contribution < -0.4 is 0 Å². The van der Waals surface area contributed by atoms with Gasteiger partial charge in [-0.2, -0.15) is 10.2 Å². The highest BCUT2D eigenvalue weighted by molar-refractivity contribution is 6.50. The van der Waals surface area contributed by atoms with Gasteiger partial charge in [0.25, 0.3) is 0 Å². The Morgan fingerprint density at radius 3 is 1.33 bits per heavy atom. The van der Waals surface area contributed by atoms with Gasteiger partial charge in [0.1, 0.15) is 0 Å². The van der Waals surface area contributed by atoms with Crippen molar-refractivity contribution in [3.8, 4) is 0 Å². The van der Waals surface area contributed by atoms with E-state index in [4.69, 9.17) is 23.2 Å². The fraction of sp³-hybridized carbons (Fsp3) is 0.100. The third kappa shape index (κ3) is 5.80. The van der Waals surface area contributed by atoms with Crippen LogP contribution in [0.2, 0.25) is 0 Å². The fourth-order valence-corrected chi connectivity index (χ4v) is 2.26. The summed E-state index contributed by atoms with van der Waals surface area (Å²) in [5, 5.41) is 9.06. The topological polar surface area (TPSA) is 24.7 Å². The summed E-state index contributed by atoms with van der Waals surface area (Å²) < 4.78 is 0. The Labute approximate surface area is 152 Å². The molecule has 0 heterocycles. The minimum atomic E-state index is 0.613. The van der Waals surface area contributed by atoms with Crippen molar-refractivity contribution in [1.29, 1.82) is 0 Å². The Balaban J connectivity index is 1.94. The third-order valence-corrected chi connectivity index (χ3v) is 3.98. The summed E-state index contributed by atoms with van der Waals surface area (Å²) in [4.78, 5) is 0. The van der Waals surface area contributed by atoms with E-state index in [1.807, 2.05) is 62.4 Å². The molecule has 0 aliphatic carbocycles. The van der Waals surface area contributed by atoms with Crippen molar-refractivity contribution in [2.45, 2.75) is 13.8 Å². The molecule has 24 heavy (non-hydrogen) atoms. The lowest BCUT2D eigenvalue weighted by Gasteiger charge is -1.98. The van der Waals surface area contributed by atoms with Crippen molar-refractivity contribution in [3.05, 3.63) is 82.9 Å². The highest BCUT2D eigenvalue weighted by atomic mass is 35.5. The Morgan fingerprint density at radius 1 is 0.667 bits per heavy atom. The zero-order valence-corrected chi connectivity index (χ0v) is 15.1. The number of hydrogen-bond donors (Lipinski definition) is 0. The average Bonchev–Trinajstić information content (AvgIpc) is 2.58. The molecule has 2 rings (SSSR count). The molecule has 0 aliphatic rings. The molecular weight excluding hydrogens is 339 g/mol. The summed E-state index contributed by atoms with van der Waals surface area (Å²) >= 11 is 12.4. The third-order valence-electron chi connectivity index (χ3n) is 3.30. The van der Waals surface area contributed by atoms with E-state index in [9.17, 15) is 0 Å². The van der Waals surface area contributed by atoms with Gasteiger partial charge in [0, 0.05) is 10.1 Å². The maximum Gasteiger partial charge on any atom is 0.0510 e. The predicted octanol–water partition coefficient (Wildman–Crippen LogP) is 6.22. The van der Waals surface area contributed by atoms with Crippen molar-refractivity contribution in [3.63, 3.8) is 0 Å². The van der Waals surface area contributed by atoms with Crippen LogP contribution in [0.5, 0.6) is 0 Å². The van der Waals surface area contributed by atoms with E-state index in [2.05, 4.69) is 10.2 Å². The van der Waals surface area contributed by atoms with Crippen molar-refractivity contribution in [2.75, 3.05) is 0 Å². The smallest absolute Gasteiger partial charge is 0.0510 e. The zero-order valence-electron chi connectivity index (χ0n) is 13.6. The summed E-state index contributed by atoms with van der Waals surface area (Å²) in [7, 11) is 0. The SMILES string of the molecule is Cc1ccc(/C(Cl)=C/C=N\N=C/C=C(\Cl)c2ccc(C)cc2)cc1. The predicted molar refractivity (Wildman–Crippen MR) is 107 cm³/mol. The number of nitrogens with zero attached hydrogens (tertiary/aromatic N) is 2. The zero-order chi connectivity index (χ0) is 17.4. The van der Waals surface area contributed by atoms with E-state index < -0.39 is 0 Å². The summed E-state index contributed by atoms with van der Waals surface area (Å²) in [6.07, 6.45) is 6.50. The van der Waals surface area contributed by atoms with E-state index in [0.29, 0.717) is 10.1 Å². The molecule has 0 bridgehead atoms. The lowest BCUT2D eigenvalue weighted by molar-refractivity contribution is 1.27. The molecule has 0 fully saturated rings. The van der Waals surface area contributed by atoms with E-state index in [-0.39, 0.29) is 0 Å². The summed E-state index contributed by atoms with van der Waals surface area (Å²) in [6.45, 7) is 4.07. The summed E-state index contributed by atoms with van der Waals surface area (Å²) in [6, 6.07) is 15.9. The maximum absolute atomic E-state index is 6.20. The van der Waals surface area contributed by atoms with Gasteiger partial charge in [-0.15, -0.1) is 0 Å². The number of benzene rings is 2. The first-order chi connectivity index (χ1) is 11.6. The van der Waals surface area contributed by atoms with Crippen LogP contribution in [0.25, 0.3) is 10.1 Å². The second-order valence-corrected chi connectivity index (χ2v) is 6.10. The summed E-state index contributed by atoms with van der Waals surface area (Å²) in [5.74, 6) is 0. The van der Waals surface area contributed by atoms with Crippen LogP contribution in [0.3, 0.4) is 0 Å². The Bertz CT molecular complexity index is 714. The molecule has 0 saturated heterocycles. The number of halogens is 2. The second kappa shape index (κ2) is 9.21. The molecule has 0 radical (unpaired) electrons. The van der Waals surface area contributed by atoms with Crippen molar-refractivity contribution in [1.82, 2.24) is 0 Å². The molecule has 2 aromatic carbocycles. The molecule has 0 unspecified atom stereocenters. The van der Waals surface area contributed by atoms with Crippen LogP contribution in [0.4, 0.5) is 0 Å². The molecule has 0 spiro atoms. The molecule has 0 atom stereocenters. The molecule has 0 amide bonds. The Kier molecular flexibility index (Phi) is 6.98. The van der Waals surface area contributed by atoms with E-state index in [1.165, 1.54) is 11.1 Å². The van der Waals surface area contributed by atoms with Gasteiger partial charge in [-0.1, -0.05) is 82.9 Å². The van der Waals surface area contributed by atoms with Gasteiger partial charge in [0.15, 0.2) is 0 Å². The highest BCUT2D eigenvalue weighted by Gasteiger charge is 1.96. The number of aryl methyl sites for hydroxylation is 2. The van der Waals surface area contributed by atoms with Gasteiger partial charge in [-0.3, -0.25) is 0 Å². The Morgan fingerprint density at radius 2 is 1.00 bits per heavy atom. The average molecular weight is 357 g/mol. The molecule has 122 valence electrons. The van der Waals surface area contributed by atoms with Gasteiger partial charge in [0.05, 0.1) is 12.4 Å². The van der Waals surface area contributed by atoms with E-state index >= 15 is 0 Å². The largest absolute Gasteiger partial charge is 0.159 e. The lowest BCUT2D eigenvalue weighted by Crippen LogP contribution is -1.79. The standard InChI is InChI=1S/C20H18Cl2N2/c1-15-3-7-17(8-4-15)19(21)11-13-23-24-14-12-20(22)18-9-5-16(2)6-10-18/h3-14H,1-2H3/b19-11-,20-12-,23-13-,24-14-. The van der Waals surface area contributed by atoms with Crippen LogP contribution in [-0.2, 0) is 0 Å². The second-order valence-electron chi connectivity index (χ2n) is 5.29. The maximum atomic E-state index is 6.20. The lowest BCUT2D eigenvalue weighted by atomic mass is 10.1. The molecule has 4 heteroatoms. The molecule has 0 aromatic heterocycles. The number of allylic oxidation sites excluding steroid dienone is 2. The van der Waals surface area contributed by atoms with Crippen LogP contribution in [-0.4, -0.2) is 12.4 Å². The molecule has 0 aliphatic heterocycles. The van der Waals surface area contributed by atoms with Crippen LogP contribution in [0.1, 0.15) is 22.3 Å². The van der Waals surface area contributed by atoms with E-state index in [0.717, 1.165) is 11.1 Å². The normalized spacial score (nSPS) is 13.2. The van der Waals surface area contributed by atoms with Crippen LogP contribution in [0.15, 0.2) is 70.9 Å². The van der Waals surface area contributed by atoms with Crippen molar-refractivity contribution < 1.29 is 0 Å². The number of rotatable bonds is 5. The van der Waals surface area contributed by atoms with Crippen LogP contribution in [0, 0.1) is 13.8 Å². The fourth-order valence-electron chi connectivity index (χ4n) is 1.89. The minimum absolute atomic E-state index is 0.613. The van der Waals surface area contributed by atoms with Gasteiger partial charge in [-0.05, 0) is 37.1 Å². The van der Waals surface area contributed by atoms with Gasteiger partial charge in [0.2, 0.25) is 0 Å². The van der Waals surface area contributed by atoms with Crippen molar-refractivity contribution >= 4 is 45.7 Å². The van der Waals surface area contributed by atoms with Gasteiger partial charge < -0.3 is 0 Å². The minimum Gasteiger partial charge on any atom is -0.159 e. The van der Waals surface area contributed by atoms with E-state index in [1.54, 1.807) is 24.6 Å². The quantitative estimate of drug-likeness (QED) is 0.448. The Hall–Kier alpha value is -2.16. The molecule has 2 nitrogen and oxygen atoms in total. The van der Waals surface area contributed by atoms with Gasteiger partial charge in [-0.25, -0.2) is 0 Å². The van der Waals surface area contributed by atoms with Crippen molar-refractivity contribution in [2.24, 2.45) is 10.2 Å². The first-order valence-corrected chi connectivity index (χ1v) is 8.24. The highest BCUT2D eigenvalue weighted by Crippen LogP contribution is 2.19. The first kappa shape index (κ1) is 18.2. The monoisotopic (exact) mass is 356 g/mol. The first-order valence-electron chi connectivity index (χ1n) is 7.48.